The molecule has 3 aromatic carbocycles. The summed E-state index contributed by atoms with van der Waals surface area (Å²) in [6.07, 6.45) is 3.75. The summed E-state index contributed by atoms with van der Waals surface area (Å²) in [5.74, 6) is -1.30. The van der Waals surface area contributed by atoms with E-state index in [1.165, 1.54) is 30.2 Å². The van der Waals surface area contributed by atoms with Crippen LogP contribution in [0.5, 0.6) is 5.75 Å². The molecule has 0 heterocycles. The van der Waals surface area contributed by atoms with Gasteiger partial charge in [-0.05, 0) is 62.6 Å². The Morgan fingerprint density at radius 2 is 1.68 bits per heavy atom. The van der Waals surface area contributed by atoms with Crippen LogP contribution in [0.15, 0.2) is 77.7 Å². The first-order chi connectivity index (χ1) is 19.6. The van der Waals surface area contributed by atoms with E-state index < -0.39 is 34.3 Å². The highest BCUT2D eigenvalue weighted by Gasteiger charge is 2.34. The van der Waals surface area contributed by atoms with Crippen molar-refractivity contribution in [3.63, 3.8) is 0 Å². The molecule has 41 heavy (non-hydrogen) atoms. The minimum absolute atomic E-state index is 0.0102. The van der Waals surface area contributed by atoms with Crippen molar-refractivity contribution in [1.29, 1.82) is 0 Å². The molecule has 0 radical (unpaired) electrons. The maximum Gasteiger partial charge on any atom is 0.264 e. The van der Waals surface area contributed by atoms with Gasteiger partial charge in [0.05, 0.1) is 17.7 Å². The van der Waals surface area contributed by atoms with Crippen LogP contribution in [-0.2, 0) is 26.2 Å². The average Bonchev–Trinajstić information content (AvgIpc) is 3.48. The van der Waals surface area contributed by atoms with Crippen LogP contribution >= 0.6 is 0 Å². The Morgan fingerprint density at radius 1 is 1.02 bits per heavy atom. The van der Waals surface area contributed by atoms with Crippen molar-refractivity contribution in [3.8, 4) is 5.75 Å². The second-order valence-corrected chi connectivity index (χ2v) is 12.1. The van der Waals surface area contributed by atoms with Gasteiger partial charge in [0.2, 0.25) is 11.8 Å². The van der Waals surface area contributed by atoms with Gasteiger partial charge in [0, 0.05) is 18.2 Å². The zero-order valence-electron chi connectivity index (χ0n) is 23.5. The van der Waals surface area contributed by atoms with Gasteiger partial charge in [0.15, 0.2) is 0 Å². The summed E-state index contributed by atoms with van der Waals surface area (Å²) in [5.41, 5.74) is 1.15. The third-order valence-corrected chi connectivity index (χ3v) is 9.15. The Morgan fingerprint density at radius 3 is 2.34 bits per heavy atom. The fourth-order valence-electron chi connectivity index (χ4n) is 5.01. The van der Waals surface area contributed by atoms with E-state index in [0.717, 1.165) is 35.6 Å². The summed E-state index contributed by atoms with van der Waals surface area (Å²) >= 11 is 0. The summed E-state index contributed by atoms with van der Waals surface area (Å²) in [7, 11) is -2.83. The number of amides is 2. The zero-order chi connectivity index (χ0) is 29.6. The number of carbonyl (C=O) groups is 2. The van der Waals surface area contributed by atoms with Gasteiger partial charge >= 0.3 is 0 Å². The summed E-state index contributed by atoms with van der Waals surface area (Å²) in [5, 5.41) is 3.00. The molecule has 1 fully saturated rings. The number of hydrogen-bond acceptors (Lipinski definition) is 5. The fraction of sp³-hybridized carbons (Fsp3) is 0.355. The highest BCUT2D eigenvalue weighted by atomic mass is 32.2. The molecule has 10 heteroatoms. The van der Waals surface area contributed by atoms with Crippen molar-refractivity contribution in [1.82, 2.24) is 10.2 Å². The number of carbonyl (C=O) groups excluding carboxylic acids is 2. The van der Waals surface area contributed by atoms with E-state index in [4.69, 9.17) is 4.74 Å². The summed E-state index contributed by atoms with van der Waals surface area (Å²) < 4.78 is 49.2. The number of nitrogens with zero attached hydrogens (tertiary/aromatic N) is 2. The van der Waals surface area contributed by atoms with E-state index in [2.05, 4.69) is 5.32 Å². The van der Waals surface area contributed by atoms with Crippen LogP contribution in [0, 0.1) is 12.7 Å². The van der Waals surface area contributed by atoms with E-state index in [0.29, 0.717) is 0 Å². The normalized spacial score (nSPS) is 14.3. The van der Waals surface area contributed by atoms with Gasteiger partial charge in [0.25, 0.3) is 10.0 Å². The monoisotopic (exact) mass is 581 g/mol. The molecule has 8 nitrogen and oxygen atoms in total. The number of halogens is 1. The number of hydrogen-bond donors (Lipinski definition) is 1. The van der Waals surface area contributed by atoms with Crippen LogP contribution in [0.3, 0.4) is 0 Å². The predicted octanol–water partition coefficient (Wildman–Crippen LogP) is 4.81. The molecule has 1 atom stereocenters. The van der Waals surface area contributed by atoms with Gasteiger partial charge in [0.1, 0.15) is 24.2 Å². The van der Waals surface area contributed by atoms with E-state index >= 15 is 0 Å². The molecule has 2 amide bonds. The van der Waals surface area contributed by atoms with Gasteiger partial charge in [-0.3, -0.25) is 13.9 Å². The van der Waals surface area contributed by atoms with E-state index in [-0.39, 0.29) is 40.4 Å². The Labute approximate surface area is 241 Å². The van der Waals surface area contributed by atoms with Crippen molar-refractivity contribution in [3.05, 3.63) is 89.7 Å². The second kappa shape index (κ2) is 13.2. The van der Waals surface area contributed by atoms with Crippen LogP contribution < -0.4 is 14.4 Å². The molecule has 0 saturated heterocycles. The number of methoxy groups -OCH3 is 1. The Hall–Kier alpha value is -3.92. The number of rotatable bonds is 11. The molecule has 1 aliphatic carbocycles. The third kappa shape index (κ3) is 7.05. The molecular weight excluding hydrogens is 545 g/mol. The van der Waals surface area contributed by atoms with Crippen LogP contribution in [-0.4, -0.2) is 50.9 Å². The van der Waals surface area contributed by atoms with Gasteiger partial charge in [-0.2, -0.15) is 0 Å². The van der Waals surface area contributed by atoms with Crippen molar-refractivity contribution in [2.75, 3.05) is 18.0 Å². The lowest BCUT2D eigenvalue weighted by Crippen LogP contribution is -2.52. The molecule has 1 N–H and O–H groups in total. The largest absolute Gasteiger partial charge is 0.495 e. The molecule has 0 bridgehead atoms. The zero-order valence-corrected chi connectivity index (χ0v) is 24.4. The Balaban J connectivity index is 1.74. The predicted molar refractivity (Wildman–Crippen MR) is 156 cm³/mol. The Kier molecular flexibility index (Phi) is 9.65. The lowest BCUT2D eigenvalue weighted by Gasteiger charge is -2.33. The summed E-state index contributed by atoms with van der Waals surface area (Å²) in [4.78, 5) is 28.6. The molecule has 0 unspecified atom stereocenters. The lowest BCUT2D eigenvalue weighted by atomic mass is 10.1. The number of anilines is 1. The average molecular weight is 582 g/mol. The standard InChI is InChI=1S/C31H36FN3O5S/c1-22-17-18-29(40-3)28(19-22)35(41(38,39)26-14-5-4-6-15-26)21-30(36)34(20-24-11-7-10-16-27(24)32)23(2)31(37)33-25-12-8-9-13-25/h4-7,10-11,14-19,23,25H,8-9,12-13,20-21H2,1-3H3,(H,33,37)/t23-/m1/s1. The van der Waals surface area contributed by atoms with Gasteiger partial charge in [-0.15, -0.1) is 0 Å². The van der Waals surface area contributed by atoms with Crippen LogP contribution in [0.1, 0.15) is 43.7 Å². The maximum atomic E-state index is 14.7. The highest BCUT2D eigenvalue weighted by molar-refractivity contribution is 7.92. The molecule has 3 aromatic rings. The van der Waals surface area contributed by atoms with Crippen LogP contribution in [0.25, 0.3) is 0 Å². The van der Waals surface area contributed by atoms with Gasteiger partial charge in [-0.25, -0.2) is 12.8 Å². The maximum absolute atomic E-state index is 14.7. The summed E-state index contributed by atoms with van der Waals surface area (Å²) in [6.45, 7) is 2.53. The first-order valence-electron chi connectivity index (χ1n) is 13.7. The highest BCUT2D eigenvalue weighted by Crippen LogP contribution is 2.33. The van der Waals surface area contributed by atoms with Crippen LogP contribution in [0.2, 0.25) is 0 Å². The molecule has 0 aromatic heterocycles. The molecule has 1 aliphatic rings. The molecule has 1 saturated carbocycles. The summed E-state index contributed by atoms with van der Waals surface area (Å²) in [6, 6.07) is 17.9. The number of benzene rings is 3. The first kappa shape index (κ1) is 30.0. The minimum atomic E-state index is -4.25. The fourth-order valence-corrected chi connectivity index (χ4v) is 6.45. The lowest BCUT2D eigenvalue weighted by molar-refractivity contribution is -0.139. The van der Waals surface area contributed by atoms with Gasteiger partial charge in [-0.1, -0.05) is 55.3 Å². The molecule has 218 valence electrons. The van der Waals surface area contributed by atoms with E-state index in [1.54, 1.807) is 68.4 Å². The SMILES string of the molecule is COc1ccc(C)cc1N(CC(=O)N(Cc1ccccc1F)[C@H](C)C(=O)NC1CCCC1)S(=O)(=O)c1ccccc1. The van der Waals surface area contributed by atoms with E-state index in [1.807, 2.05) is 0 Å². The van der Waals surface area contributed by atoms with Crippen molar-refractivity contribution in [2.45, 2.75) is 63.1 Å². The van der Waals surface area contributed by atoms with Gasteiger partial charge < -0.3 is 15.0 Å². The van der Waals surface area contributed by atoms with E-state index in [9.17, 15) is 22.4 Å². The topological polar surface area (TPSA) is 96.0 Å². The van der Waals surface area contributed by atoms with Crippen molar-refractivity contribution >= 4 is 27.5 Å². The number of sulfonamides is 1. The molecule has 4 rings (SSSR count). The molecular formula is C31H36FN3O5S. The second-order valence-electron chi connectivity index (χ2n) is 10.3. The molecule has 0 aliphatic heterocycles. The van der Waals surface area contributed by atoms with Crippen molar-refractivity contribution in [2.24, 2.45) is 0 Å². The smallest absolute Gasteiger partial charge is 0.264 e. The number of ether oxygens (including phenoxy) is 1. The third-order valence-electron chi connectivity index (χ3n) is 7.38. The minimum Gasteiger partial charge on any atom is -0.495 e. The Bertz CT molecular complexity index is 1480. The first-order valence-corrected chi connectivity index (χ1v) is 15.1. The number of aryl methyl sites for hydroxylation is 1. The quantitative estimate of drug-likeness (QED) is 0.351. The van der Waals surface area contributed by atoms with Crippen LogP contribution in [0.4, 0.5) is 10.1 Å². The number of nitrogens with one attached hydrogen (secondary N) is 1. The van der Waals surface area contributed by atoms with Crippen molar-refractivity contribution < 1.29 is 27.1 Å². The molecule has 0 spiro atoms.